The monoisotopic (exact) mass is 481 g/mol. The largest absolute Gasteiger partial charge is 0.539 e. The van der Waals surface area contributed by atoms with Crippen LogP contribution in [0.15, 0.2) is 59.1 Å². The van der Waals surface area contributed by atoms with Gasteiger partial charge in [-0.2, -0.15) is 0 Å². The van der Waals surface area contributed by atoms with E-state index < -0.39 is 12.0 Å². The molecule has 4 rings (SSSR count). The van der Waals surface area contributed by atoms with E-state index in [0.717, 1.165) is 0 Å². The SMILES string of the molecule is CCOc1ccc(N2C(=O)C(CC(=O)Nc3ccccc3)N(Cc3c([O-])on[n+]3C)C2=S)cc1. The Morgan fingerprint density at radius 3 is 2.56 bits per heavy atom. The van der Waals surface area contributed by atoms with E-state index in [1.165, 1.54) is 9.58 Å². The molecule has 1 aliphatic rings. The van der Waals surface area contributed by atoms with Crippen LogP contribution in [0.3, 0.4) is 0 Å². The molecule has 0 bridgehead atoms. The lowest BCUT2D eigenvalue weighted by Crippen LogP contribution is -2.42. The summed E-state index contributed by atoms with van der Waals surface area (Å²) in [4.78, 5) is 29.2. The highest BCUT2D eigenvalue weighted by Gasteiger charge is 2.45. The molecule has 2 amide bonds. The number of ether oxygens (including phenoxy) is 1. The second-order valence-corrected chi connectivity index (χ2v) is 7.94. The molecule has 1 aromatic heterocycles. The lowest BCUT2D eigenvalue weighted by atomic mass is 10.1. The van der Waals surface area contributed by atoms with Gasteiger partial charge in [0.2, 0.25) is 5.91 Å². The molecule has 3 aromatic rings. The first-order valence-corrected chi connectivity index (χ1v) is 11.0. The lowest BCUT2D eigenvalue weighted by Gasteiger charge is -2.22. The van der Waals surface area contributed by atoms with Gasteiger partial charge in [0.1, 0.15) is 18.3 Å². The van der Waals surface area contributed by atoms with Crippen molar-refractivity contribution in [1.82, 2.24) is 10.2 Å². The Hall–Kier alpha value is -3.99. The number of hydrogen-bond acceptors (Lipinski definition) is 7. The number of hydrogen-bond donors (Lipinski definition) is 1. The summed E-state index contributed by atoms with van der Waals surface area (Å²) in [5.41, 5.74) is 1.35. The van der Waals surface area contributed by atoms with E-state index in [1.807, 2.05) is 13.0 Å². The second-order valence-electron chi connectivity index (χ2n) is 7.58. The van der Waals surface area contributed by atoms with Crippen molar-refractivity contribution in [2.45, 2.75) is 25.9 Å². The molecule has 2 aromatic carbocycles. The van der Waals surface area contributed by atoms with E-state index in [9.17, 15) is 14.7 Å². The number of anilines is 2. The molecule has 1 atom stereocenters. The first-order chi connectivity index (χ1) is 16.4. The highest BCUT2D eigenvalue weighted by atomic mass is 32.1. The fourth-order valence-electron chi connectivity index (χ4n) is 3.68. The van der Waals surface area contributed by atoms with Crippen LogP contribution in [0.2, 0.25) is 0 Å². The predicted molar refractivity (Wildman–Crippen MR) is 124 cm³/mol. The number of aryl methyl sites for hydroxylation is 1. The van der Waals surface area contributed by atoms with Crippen LogP contribution >= 0.6 is 12.2 Å². The Morgan fingerprint density at radius 1 is 1.24 bits per heavy atom. The Balaban J connectivity index is 1.62. The highest BCUT2D eigenvalue weighted by Crippen LogP contribution is 2.30. The molecule has 2 heterocycles. The van der Waals surface area contributed by atoms with Crippen molar-refractivity contribution in [2.24, 2.45) is 7.05 Å². The minimum absolute atomic E-state index is 0.0414. The summed E-state index contributed by atoms with van der Waals surface area (Å²) in [6, 6.07) is 14.9. The van der Waals surface area contributed by atoms with Gasteiger partial charge in [0.05, 0.1) is 24.0 Å². The van der Waals surface area contributed by atoms with Gasteiger partial charge in [0.25, 0.3) is 11.6 Å². The predicted octanol–water partition coefficient (Wildman–Crippen LogP) is 1.50. The van der Waals surface area contributed by atoms with Crippen LogP contribution in [0.4, 0.5) is 11.4 Å². The van der Waals surface area contributed by atoms with Gasteiger partial charge in [-0.15, -0.1) is 0 Å². The number of aromatic nitrogens is 2. The molecule has 1 saturated heterocycles. The molecular formula is C23H23N5O5S. The molecule has 0 spiro atoms. The van der Waals surface area contributed by atoms with Gasteiger partial charge in [-0.1, -0.05) is 22.9 Å². The van der Waals surface area contributed by atoms with Gasteiger partial charge in [-0.3, -0.25) is 14.5 Å². The molecule has 0 saturated carbocycles. The van der Waals surface area contributed by atoms with Crippen molar-refractivity contribution < 1.29 is 28.6 Å². The van der Waals surface area contributed by atoms with Crippen LogP contribution in [0, 0.1) is 0 Å². The van der Waals surface area contributed by atoms with Crippen LogP contribution in [-0.4, -0.2) is 39.7 Å². The van der Waals surface area contributed by atoms with Crippen LogP contribution in [0.25, 0.3) is 0 Å². The minimum atomic E-state index is -0.919. The average molecular weight is 482 g/mol. The Labute approximate surface area is 201 Å². The van der Waals surface area contributed by atoms with Crippen molar-refractivity contribution in [3.8, 4) is 11.7 Å². The number of rotatable bonds is 8. The zero-order valence-electron chi connectivity index (χ0n) is 18.6. The standard InChI is InChI=1S/C23H23N5O5S/c1-3-32-17-11-9-16(10-12-17)28-21(30)18(13-20(29)24-15-7-5-4-6-8-15)27(23(28)34)14-19-22(31)33-25-26(19)2/h4-12,18H,3,13-14H2,1-2H3,(H-,24,25,29,31). The summed E-state index contributed by atoms with van der Waals surface area (Å²) in [6.07, 6.45) is -0.162. The molecule has 11 heteroatoms. The molecular weight excluding hydrogens is 458 g/mol. The van der Waals surface area contributed by atoms with Crippen molar-refractivity contribution in [3.63, 3.8) is 0 Å². The lowest BCUT2D eigenvalue weighted by molar-refractivity contribution is -0.746. The summed E-state index contributed by atoms with van der Waals surface area (Å²) in [6.45, 7) is 2.35. The van der Waals surface area contributed by atoms with E-state index in [2.05, 4.69) is 10.6 Å². The van der Waals surface area contributed by atoms with Gasteiger partial charge in [-0.25, -0.2) is 0 Å². The smallest absolute Gasteiger partial charge is 0.256 e. The van der Waals surface area contributed by atoms with E-state index in [4.69, 9.17) is 21.5 Å². The third-order valence-corrected chi connectivity index (χ3v) is 5.77. The number of thiocarbonyl (C=S) groups is 1. The van der Waals surface area contributed by atoms with Crippen molar-refractivity contribution in [1.29, 1.82) is 0 Å². The molecule has 176 valence electrons. The molecule has 1 unspecified atom stereocenters. The number of amides is 2. The van der Waals surface area contributed by atoms with Gasteiger partial charge in [0, 0.05) is 5.69 Å². The van der Waals surface area contributed by atoms with Gasteiger partial charge < -0.3 is 24.6 Å². The fraction of sp³-hybridized carbons (Fsp3) is 0.261. The minimum Gasteiger partial charge on any atom is -0.539 e. The Kier molecular flexibility index (Phi) is 6.73. The normalized spacial score (nSPS) is 15.6. The number of nitrogens with zero attached hydrogens (tertiary/aromatic N) is 4. The van der Waals surface area contributed by atoms with Crippen molar-refractivity contribution in [3.05, 3.63) is 60.3 Å². The summed E-state index contributed by atoms with van der Waals surface area (Å²) in [7, 11) is 1.56. The van der Waals surface area contributed by atoms with Crippen molar-refractivity contribution in [2.75, 3.05) is 16.8 Å². The maximum atomic E-state index is 13.5. The molecule has 34 heavy (non-hydrogen) atoms. The average Bonchev–Trinajstić information content (AvgIpc) is 3.26. The quantitative estimate of drug-likeness (QED) is 0.380. The molecule has 1 fully saturated rings. The van der Waals surface area contributed by atoms with Gasteiger partial charge in [-0.05, 0) is 55.5 Å². The number of carbonyl (C=O) groups is 2. The van der Waals surface area contributed by atoms with Crippen LogP contribution in [0.5, 0.6) is 11.7 Å². The van der Waals surface area contributed by atoms with Crippen LogP contribution < -0.4 is 24.7 Å². The molecule has 10 nitrogen and oxygen atoms in total. The second kappa shape index (κ2) is 9.87. The topological polar surface area (TPSA) is 115 Å². The summed E-state index contributed by atoms with van der Waals surface area (Å²) >= 11 is 5.63. The first-order valence-electron chi connectivity index (χ1n) is 10.6. The van der Waals surface area contributed by atoms with E-state index in [-0.39, 0.29) is 35.6 Å². The molecule has 1 N–H and O–H groups in total. The Morgan fingerprint density at radius 2 is 1.94 bits per heavy atom. The first kappa shape index (κ1) is 23.2. The highest BCUT2D eigenvalue weighted by molar-refractivity contribution is 7.80. The van der Waals surface area contributed by atoms with Crippen molar-refractivity contribution >= 4 is 40.5 Å². The number of para-hydroxylation sites is 1. The summed E-state index contributed by atoms with van der Waals surface area (Å²) in [5, 5.41) is 18.7. The molecule has 1 aliphatic heterocycles. The third kappa shape index (κ3) is 4.69. The van der Waals surface area contributed by atoms with Crippen LogP contribution in [-0.2, 0) is 23.2 Å². The number of benzene rings is 2. The number of nitrogens with one attached hydrogen (secondary N) is 1. The van der Waals surface area contributed by atoms with Crippen LogP contribution in [0.1, 0.15) is 19.0 Å². The Bertz CT molecular complexity index is 1180. The maximum Gasteiger partial charge on any atom is 0.256 e. The third-order valence-electron chi connectivity index (χ3n) is 5.35. The summed E-state index contributed by atoms with van der Waals surface area (Å²) < 4.78 is 11.5. The fourth-order valence-corrected chi connectivity index (χ4v) is 4.07. The molecule has 0 radical (unpaired) electrons. The maximum absolute atomic E-state index is 13.5. The zero-order valence-corrected chi connectivity index (χ0v) is 19.4. The number of carbonyl (C=O) groups excluding carboxylic acids is 2. The van der Waals surface area contributed by atoms with E-state index in [0.29, 0.717) is 23.7 Å². The van der Waals surface area contributed by atoms with E-state index >= 15 is 0 Å². The van der Waals surface area contributed by atoms with E-state index in [1.54, 1.807) is 60.5 Å². The van der Waals surface area contributed by atoms with Gasteiger partial charge >= 0.3 is 0 Å². The summed E-state index contributed by atoms with van der Waals surface area (Å²) in [5.74, 6) is -0.705. The molecule has 0 aliphatic carbocycles. The van der Waals surface area contributed by atoms with Gasteiger partial charge in [0.15, 0.2) is 18.1 Å². The zero-order chi connectivity index (χ0) is 24.2.